The van der Waals surface area contributed by atoms with Crippen LogP contribution in [0.2, 0.25) is 5.02 Å². The van der Waals surface area contributed by atoms with Crippen LogP contribution in [0.3, 0.4) is 0 Å². The largest absolute Gasteiger partial charge is 0.350 e. The van der Waals surface area contributed by atoms with E-state index in [2.05, 4.69) is 5.32 Å². The molecule has 0 bridgehead atoms. The molecule has 0 saturated heterocycles. The van der Waals surface area contributed by atoms with Gasteiger partial charge in [0.25, 0.3) is 0 Å². The van der Waals surface area contributed by atoms with Crippen LogP contribution in [0.25, 0.3) is 0 Å². The highest BCUT2D eigenvalue weighted by atomic mass is 35.5. The Labute approximate surface area is 166 Å². The molecular weight excluding hydrogens is 384 g/mol. The molecular formula is C20H25ClN2O3S. The average Bonchev–Trinajstić information content (AvgIpc) is 2.60. The van der Waals surface area contributed by atoms with Crippen molar-refractivity contribution in [1.29, 1.82) is 0 Å². The van der Waals surface area contributed by atoms with Crippen molar-refractivity contribution < 1.29 is 13.2 Å². The van der Waals surface area contributed by atoms with Gasteiger partial charge in [0, 0.05) is 11.6 Å². The summed E-state index contributed by atoms with van der Waals surface area (Å²) in [6.45, 7) is 5.95. The zero-order valence-corrected chi connectivity index (χ0v) is 17.6. The fourth-order valence-corrected chi connectivity index (χ4v) is 4.17. The second kappa shape index (κ2) is 8.76. The van der Waals surface area contributed by atoms with Crippen LogP contribution in [-0.2, 0) is 21.4 Å². The highest BCUT2D eigenvalue weighted by Crippen LogP contribution is 2.27. The number of nitrogens with zero attached hydrogens (tertiary/aromatic N) is 1. The summed E-state index contributed by atoms with van der Waals surface area (Å²) in [6.07, 6.45) is 1.43. The highest BCUT2D eigenvalue weighted by Gasteiger charge is 2.31. The van der Waals surface area contributed by atoms with E-state index in [0.29, 0.717) is 23.7 Å². The minimum absolute atomic E-state index is 0.332. The molecule has 1 amide bonds. The molecule has 0 spiro atoms. The van der Waals surface area contributed by atoms with E-state index in [4.69, 9.17) is 11.6 Å². The summed E-state index contributed by atoms with van der Waals surface area (Å²) in [5.74, 6) is -0.347. The van der Waals surface area contributed by atoms with E-state index in [1.807, 2.05) is 38.1 Å². The maximum Gasteiger partial charge on any atom is 0.244 e. The third-order valence-electron chi connectivity index (χ3n) is 4.33. The number of halogens is 1. The van der Waals surface area contributed by atoms with Gasteiger partial charge in [0.15, 0.2) is 0 Å². The smallest absolute Gasteiger partial charge is 0.244 e. The van der Waals surface area contributed by atoms with Gasteiger partial charge in [-0.15, -0.1) is 0 Å². The lowest BCUT2D eigenvalue weighted by molar-refractivity contribution is -0.122. The molecule has 2 aromatic carbocycles. The number of hydrogen-bond donors (Lipinski definition) is 1. The zero-order valence-electron chi connectivity index (χ0n) is 16.0. The van der Waals surface area contributed by atoms with Crippen molar-refractivity contribution in [3.05, 3.63) is 64.2 Å². The van der Waals surface area contributed by atoms with E-state index in [-0.39, 0.29) is 5.91 Å². The normalized spacial score (nSPS) is 12.5. The van der Waals surface area contributed by atoms with E-state index >= 15 is 0 Å². The van der Waals surface area contributed by atoms with Crippen LogP contribution in [0.1, 0.15) is 30.0 Å². The molecule has 1 atom stereocenters. The van der Waals surface area contributed by atoms with Gasteiger partial charge in [-0.1, -0.05) is 54.4 Å². The summed E-state index contributed by atoms with van der Waals surface area (Å²) < 4.78 is 26.0. The van der Waals surface area contributed by atoms with Crippen LogP contribution in [-0.4, -0.2) is 26.6 Å². The maximum absolute atomic E-state index is 12.8. The molecule has 0 aromatic heterocycles. The monoisotopic (exact) mass is 408 g/mol. The lowest BCUT2D eigenvalue weighted by Gasteiger charge is -2.30. The van der Waals surface area contributed by atoms with Crippen LogP contribution >= 0.6 is 11.6 Å². The standard InChI is InChI=1S/C20H25ClN2O3S/c1-5-19(20(24)22-13-16-9-6-14(2)7-10-16)23(27(4,25)26)17-11-8-15(3)18(21)12-17/h6-12,19H,5,13H2,1-4H3,(H,22,24)/t19-/m0/s1. The Morgan fingerprint density at radius 1 is 1.15 bits per heavy atom. The van der Waals surface area contributed by atoms with Crippen LogP contribution in [0.15, 0.2) is 42.5 Å². The van der Waals surface area contributed by atoms with Crippen molar-refractivity contribution in [2.24, 2.45) is 0 Å². The minimum atomic E-state index is -3.68. The molecule has 2 rings (SSSR count). The Bertz CT molecular complexity index is 911. The molecule has 1 N–H and O–H groups in total. The molecule has 0 saturated carbocycles. The third-order valence-corrected chi connectivity index (χ3v) is 5.91. The van der Waals surface area contributed by atoms with Gasteiger partial charge >= 0.3 is 0 Å². The third kappa shape index (κ3) is 5.47. The summed E-state index contributed by atoms with van der Waals surface area (Å²) in [4.78, 5) is 12.8. The number of carbonyl (C=O) groups excluding carboxylic acids is 1. The first kappa shape index (κ1) is 21.3. The Kier molecular flexibility index (Phi) is 6.89. The molecule has 0 aliphatic rings. The summed E-state index contributed by atoms with van der Waals surface area (Å²) in [5, 5.41) is 3.29. The first-order chi connectivity index (χ1) is 12.6. The molecule has 0 aliphatic carbocycles. The van der Waals surface area contributed by atoms with E-state index in [1.165, 1.54) is 0 Å². The molecule has 146 valence electrons. The molecule has 0 radical (unpaired) electrons. The summed E-state index contributed by atoms with van der Waals surface area (Å²) in [7, 11) is -3.68. The molecule has 7 heteroatoms. The number of amides is 1. The van der Waals surface area contributed by atoms with Gasteiger partial charge in [-0.25, -0.2) is 8.42 Å². The van der Waals surface area contributed by atoms with Crippen LogP contribution < -0.4 is 9.62 Å². The van der Waals surface area contributed by atoms with Gasteiger partial charge in [-0.2, -0.15) is 0 Å². The fraction of sp³-hybridized carbons (Fsp3) is 0.350. The van der Waals surface area contributed by atoms with Crippen LogP contribution in [0, 0.1) is 13.8 Å². The van der Waals surface area contributed by atoms with Crippen LogP contribution in [0.4, 0.5) is 5.69 Å². The quantitative estimate of drug-likeness (QED) is 0.757. The lowest BCUT2D eigenvalue weighted by atomic mass is 10.1. The Balaban J connectivity index is 2.27. The molecule has 0 heterocycles. The molecule has 0 fully saturated rings. The Morgan fingerprint density at radius 3 is 2.30 bits per heavy atom. The van der Waals surface area contributed by atoms with Gasteiger partial charge in [0.1, 0.15) is 6.04 Å². The van der Waals surface area contributed by atoms with Gasteiger partial charge in [0.2, 0.25) is 15.9 Å². The van der Waals surface area contributed by atoms with Crippen molar-refractivity contribution in [1.82, 2.24) is 5.32 Å². The predicted molar refractivity (Wildman–Crippen MR) is 111 cm³/mol. The fourth-order valence-electron chi connectivity index (χ4n) is 2.79. The van der Waals surface area contributed by atoms with E-state index in [0.717, 1.165) is 27.3 Å². The van der Waals surface area contributed by atoms with Crippen molar-refractivity contribution >= 4 is 33.2 Å². The summed E-state index contributed by atoms with van der Waals surface area (Å²) in [6, 6.07) is 11.9. The van der Waals surface area contributed by atoms with Gasteiger partial charge < -0.3 is 5.32 Å². The van der Waals surface area contributed by atoms with Crippen LogP contribution in [0.5, 0.6) is 0 Å². The van der Waals surface area contributed by atoms with Crippen molar-refractivity contribution in [3.63, 3.8) is 0 Å². The number of carbonyl (C=O) groups is 1. The molecule has 27 heavy (non-hydrogen) atoms. The van der Waals surface area contributed by atoms with E-state index in [9.17, 15) is 13.2 Å². The van der Waals surface area contributed by atoms with Crippen molar-refractivity contribution in [2.45, 2.75) is 39.8 Å². The number of sulfonamides is 1. The minimum Gasteiger partial charge on any atom is -0.350 e. The number of aryl methyl sites for hydroxylation is 2. The van der Waals surface area contributed by atoms with Crippen molar-refractivity contribution in [2.75, 3.05) is 10.6 Å². The first-order valence-corrected chi connectivity index (χ1v) is 10.9. The highest BCUT2D eigenvalue weighted by molar-refractivity contribution is 7.92. The average molecular weight is 409 g/mol. The maximum atomic E-state index is 12.8. The number of hydrogen-bond acceptors (Lipinski definition) is 3. The topological polar surface area (TPSA) is 66.5 Å². The summed E-state index contributed by atoms with van der Waals surface area (Å²) in [5.41, 5.74) is 3.31. The van der Waals surface area contributed by atoms with E-state index < -0.39 is 16.1 Å². The number of nitrogens with one attached hydrogen (secondary N) is 1. The Morgan fingerprint density at radius 2 is 1.78 bits per heavy atom. The lowest BCUT2D eigenvalue weighted by Crippen LogP contribution is -2.49. The van der Waals surface area contributed by atoms with E-state index in [1.54, 1.807) is 25.1 Å². The molecule has 2 aromatic rings. The number of benzene rings is 2. The molecule has 5 nitrogen and oxygen atoms in total. The van der Waals surface area contributed by atoms with Gasteiger partial charge in [-0.3, -0.25) is 9.10 Å². The van der Waals surface area contributed by atoms with Gasteiger partial charge in [-0.05, 0) is 43.5 Å². The SMILES string of the molecule is CC[C@@H](C(=O)NCc1ccc(C)cc1)N(c1ccc(C)c(Cl)c1)S(C)(=O)=O. The number of rotatable bonds is 7. The molecule has 0 unspecified atom stereocenters. The second-order valence-electron chi connectivity index (χ2n) is 6.62. The number of anilines is 1. The zero-order chi connectivity index (χ0) is 20.2. The second-order valence-corrected chi connectivity index (χ2v) is 8.89. The first-order valence-electron chi connectivity index (χ1n) is 8.72. The Hall–Kier alpha value is -2.05. The van der Waals surface area contributed by atoms with Crippen molar-refractivity contribution in [3.8, 4) is 0 Å². The molecule has 0 aliphatic heterocycles. The van der Waals surface area contributed by atoms with Gasteiger partial charge in [0.05, 0.1) is 11.9 Å². The predicted octanol–water partition coefficient (Wildman–Crippen LogP) is 3.82. The summed E-state index contributed by atoms with van der Waals surface area (Å²) >= 11 is 6.17.